The fraction of sp³-hybridized carbons (Fsp3) is 0.182. The number of amides is 1. The number of aromatic hydroxyl groups is 1. The first-order chi connectivity index (χ1) is 8.10. The van der Waals surface area contributed by atoms with Crippen LogP contribution >= 0.6 is 11.6 Å². The third kappa shape index (κ3) is 3.10. The molecule has 1 aromatic rings. The van der Waals surface area contributed by atoms with E-state index in [1.165, 1.54) is 18.2 Å². The molecule has 0 aliphatic carbocycles. The maximum Gasteiger partial charge on any atom is 0.255 e. The van der Waals surface area contributed by atoms with Gasteiger partial charge in [-0.15, -0.1) is 0 Å². The Kier molecular flexibility index (Phi) is 4.33. The quantitative estimate of drug-likeness (QED) is 0.823. The van der Waals surface area contributed by atoms with Crippen LogP contribution in [0.25, 0.3) is 0 Å². The zero-order valence-electron chi connectivity index (χ0n) is 8.72. The van der Waals surface area contributed by atoms with Crippen LogP contribution in [0.3, 0.4) is 0 Å². The molecule has 0 aromatic heterocycles. The van der Waals surface area contributed by atoms with Gasteiger partial charge in [0.25, 0.3) is 5.91 Å². The van der Waals surface area contributed by atoms with Crippen molar-refractivity contribution in [3.8, 4) is 17.9 Å². The number of hydrogen-bond donors (Lipinski definition) is 1. The van der Waals surface area contributed by atoms with E-state index in [2.05, 4.69) is 0 Å². The number of phenolic OH excluding ortho intramolecular Hbond substituents is 1. The zero-order chi connectivity index (χ0) is 12.8. The number of carbonyl (C=O) groups is 1. The Morgan fingerprint density at radius 3 is 2.41 bits per heavy atom. The molecule has 0 fully saturated rings. The number of benzene rings is 1. The number of rotatable bonds is 3. The maximum absolute atomic E-state index is 11.9. The summed E-state index contributed by atoms with van der Waals surface area (Å²) in [6.07, 6.45) is 0. The minimum Gasteiger partial charge on any atom is -0.506 e. The highest BCUT2D eigenvalue weighted by atomic mass is 35.5. The SMILES string of the molecule is N#CCN(CC#N)C(=O)c1ccc(O)c(Cl)c1. The van der Waals surface area contributed by atoms with E-state index in [1.807, 2.05) is 0 Å². The number of hydrogen-bond acceptors (Lipinski definition) is 4. The number of nitrogens with zero attached hydrogens (tertiary/aromatic N) is 3. The van der Waals surface area contributed by atoms with E-state index in [4.69, 9.17) is 22.1 Å². The molecule has 1 N–H and O–H groups in total. The van der Waals surface area contributed by atoms with Crippen molar-refractivity contribution in [3.05, 3.63) is 28.8 Å². The van der Waals surface area contributed by atoms with Gasteiger partial charge < -0.3 is 10.0 Å². The standard InChI is InChI=1S/C11H8ClN3O2/c12-9-7-8(1-2-10(9)16)11(17)15(5-3-13)6-4-14/h1-2,7,16H,5-6H2. The first-order valence-corrected chi connectivity index (χ1v) is 4.99. The lowest BCUT2D eigenvalue weighted by Crippen LogP contribution is -2.31. The van der Waals surface area contributed by atoms with Crippen molar-refractivity contribution in [2.45, 2.75) is 0 Å². The number of carbonyl (C=O) groups excluding carboxylic acids is 1. The van der Waals surface area contributed by atoms with Gasteiger partial charge in [0.1, 0.15) is 18.8 Å². The van der Waals surface area contributed by atoms with Crippen LogP contribution in [-0.2, 0) is 0 Å². The molecule has 0 unspecified atom stereocenters. The first-order valence-electron chi connectivity index (χ1n) is 4.62. The molecular formula is C11H8ClN3O2. The lowest BCUT2D eigenvalue weighted by atomic mass is 10.2. The van der Waals surface area contributed by atoms with E-state index in [0.717, 1.165) is 4.90 Å². The van der Waals surface area contributed by atoms with Gasteiger partial charge in [-0.25, -0.2) is 0 Å². The summed E-state index contributed by atoms with van der Waals surface area (Å²) in [5.74, 6) is -0.606. The first kappa shape index (κ1) is 12.8. The third-order valence-electron chi connectivity index (χ3n) is 2.00. The lowest BCUT2D eigenvalue weighted by molar-refractivity contribution is 0.0794. The van der Waals surface area contributed by atoms with Crippen LogP contribution < -0.4 is 0 Å². The summed E-state index contributed by atoms with van der Waals surface area (Å²) in [7, 11) is 0. The summed E-state index contributed by atoms with van der Waals surface area (Å²) in [6, 6.07) is 7.56. The fourth-order valence-electron chi connectivity index (χ4n) is 1.19. The van der Waals surface area contributed by atoms with Gasteiger partial charge in [0.05, 0.1) is 17.2 Å². The molecule has 0 saturated heterocycles. The van der Waals surface area contributed by atoms with Gasteiger partial charge in [-0.2, -0.15) is 10.5 Å². The van der Waals surface area contributed by atoms with E-state index in [1.54, 1.807) is 12.1 Å². The van der Waals surface area contributed by atoms with Gasteiger partial charge in [0.15, 0.2) is 0 Å². The molecule has 17 heavy (non-hydrogen) atoms. The van der Waals surface area contributed by atoms with Gasteiger partial charge in [-0.3, -0.25) is 4.79 Å². The second kappa shape index (κ2) is 5.74. The Balaban J connectivity index is 2.98. The van der Waals surface area contributed by atoms with Crippen LogP contribution in [0.15, 0.2) is 18.2 Å². The van der Waals surface area contributed by atoms with Crippen molar-refractivity contribution in [2.24, 2.45) is 0 Å². The predicted octanol–water partition coefficient (Wildman–Crippen LogP) is 1.53. The second-order valence-corrected chi connectivity index (χ2v) is 3.55. The Labute approximate surface area is 103 Å². The largest absolute Gasteiger partial charge is 0.506 e. The third-order valence-corrected chi connectivity index (χ3v) is 2.31. The van der Waals surface area contributed by atoms with Gasteiger partial charge in [0.2, 0.25) is 0 Å². The van der Waals surface area contributed by atoms with Crippen LogP contribution in [0.2, 0.25) is 5.02 Å². The molecule has 1 amide bonds. The lowest BCUT2D eigenvalue weighted by Gasteiger charge is -2.15. The monoisotopic (exact) mass is 249 g/mol. The normalized spacial score (nSPS) is 9.12. The van der Waals surface area contributed by atoms with Crippen LogP contribution in [0.5, 0.6) is 5.75 Å². The predicted molar refractivity (Wildman–Crippen MR) is 60.2 cm³/mol. The van der Waals surface area contributed by atoms with Gasteiger partial charge >= 0.3 is 0 Å². The minimum absolute atomic E-state index is 0.0460. The Morgan fingerprint density at radius 1 is 1.35 bits per heavy atom. The Bertz CT molecular complexity index is 500. The highest BCUT2D eigenvalue weighted by Gasteiger charge is 2.16. The van der Waals surface area contributed by atoms with Crippen molar-refractivity contribution in [3.63, 3.8) is 0 Å². The molecule has 0 saturated carbocycles. The highest BCUT2D eigenvalue weighted by Crippen LogP contribution is 2.24. The van der Waals surface area contributed by atoms with Crippen molar-refractivity contribution < 1.29 is 9.90 Å². The van der Waals surface area contributed by atoms with Gasteiger partial charge in [-0.05, 0) is 18.2 Å². The van der Waals surface area contributed by atoms with E-state index >= 15 is 0 Å². The molecule has 5 nitrogen and oxygen atoms in total. The average molecular weight is 250 g/mol. The molecule has 0 bridgehead atoms. The summed E-state index contributed by atoms with van der Waals surface area (Å²) in [5.41, 5.74) is 0.221. The smallest absolute Gasteiger partial charge is 0.255 e. The summed E-state index contributed by atoms with van der Waals surface area (Å²) in [6.45, 7) is -0.351. The Hall–Kier alpha value is -2.24. The summed E-state index contributed by atoms with van der Waals surface area (Å²) in [4.78, 5) is 13.0. The number of halogens is 1. The van der Waals surface area contributed by atoms with Gasteiger partial charge in [0, 0.05) is 5.56 Å². The van der Waals surface area contributed by atoms with E-state index in [-0.39, 0.29) is 29.4 Å². The van der Waals surface area contributed by atoms with Crippen molar-refractivity contribution in [2.75, 3.05) is 13.1 Å². The number of nitriles is 2. The topological polar surface area (TPSA) is 88.1 Å². The highest BCUT2D eigenvalue weighted by molar-refractivity contribution is 6.32. The van der Waals surface area contributed by atoms with Crippen LogP contribution in [0, 0.1) is 22.7 Å². The molecule has 86 valence electrons. The Morgan fingerprint density at radius 2 is 1.94 bits per heavy atom. The molecule has 0 radical (unpaired) electrons. The average Bonchev–Trinajstić information content (AvgIpc) is 2.31. The second-order valence-electron chi connectivity index (χ2n) is 3.14. The summed E-state index contributed by atoms with van der Waals surface area (Å²) < 4.78 is 0. The summed E-state index contributed by atoms with van der Waals surface area (Å²) >= 11 is 5.67. The molecule has 0 aliphatic rings. The van der Waals surface area contributed by atoms with E-state index in [9.17, 15) is 9.90 Å². The van der Waals surface area contributed by atoms with Crippen molar-refractivity contribution in [1.29, 1.82) is 10.5 Å². The molecule has 6 heteroatoms. The molecule has 0 heterocycles. The molecule has 0 aliphatic heterocycles. The molecule has 1 aromatic carbocycles. The van der Waals surface area contributed by atoms with E-state index < -0.39 is 5.91 Å². The van der Waals surface area contributed by atoms with Crippen molar-refractivity contribution >= 4 is 17.5 Å². The van der Waals surface area contributed by atoms with Crippen LogP contribution in [0.4, 0.5) is 0 Å². The minimum atomic E-state index is -0.477. The molecular weight excluding hydrogens is 242 g/mol. The number of phenols is 1. The van der Waals surface area contributed by atoms with Crippen LogP contribution in [0.1, 0.15) is 10.4 Å². The maximum atomic E-state index is 11.9. The molecule has 0 spiro atoms. The van der Waals surface area contributed by atoms with Crippen LogP contribution in [-0.4, -0.2) is 29.0 Å². The fourth-order valence-corrected chi connectivity index (χ4v) is 1.37. The zero-order valence-corrected chi connectivity index (χ0v) is 9.48. The van der Waals surface area contributed by atoms with E-state index in [0.29, 0.717) is 0 Å². The molecule has 0 atom stereocenters. The van der Waals surface area contributed by atoms with Crippen molar-refractivity contribution in [1.82, 2.24) is 4.90 Å². The molecule has 1 rings (SSSR count). The van der Waals surface area contributed by atoms with Gasteiger partial charge in [-0.1, -0.05) is 11.6 Å². The summed E-state index contributed by atoms with van der Waals surface area (Å²) in [5, 5.41) is 26.3.